The number of rotatable bonds is 1. The molecule has 0 bridgehead atoms. The van der Waals surface area contributed by atoms with Crippen LogP contribution in [0.15, 0.2) is 24.3 Å². The molecule has 3 heteroatoms. The topological polar surface area (TPSA) is 63.3 Å². The highest BCUT2D eigenvalue weighted by molar-refractivity contribution is 5.72. The second-order valence-corrected chi connectivity index (χ2v) is 5.15. The van der Waals surface area contributed by atoms with Gasteiger partial charge in [0.1, 0.15) is 0 Å². The number of fused-ring (bicyclic) bond motifs is 1. The maximum absolute atomic E-state index is 11.2. The van der Waals surface area contributed by atoms with Crippen LogP contribution < -0.4 is 5.73 Å². The molecule has 0 radical (unpaired) electrons. The summed E-state index contributed by atoms with van der Waals surface area (Å²) in [4.78, 5) is 11.2. The van der Waals surface area contributed by atoms with Crippen LogP contribution in [0.25, 0.3) is 0 Å². The zero-order chi connectivity index (χ0) is 11.9. The molecule has 3 N–H and O–H groups in total. The van der Waals surface area contributed by atoms with Crippen LogP contribution in [0.3, 0.4) is 0 Å². The van der Waals surface area contributed by atoms with E-state index in [0.717, 1.165) is 5.56 Å². The highest BCUT2D eigenvalue weighted by Gasteiger charge is 2.40. The third-order valence-electron chi connectivity index (χ3n) is 3.53. The first-order valence-electron chi connectivity index (χ1n) is 5.51. The molecule has 1 aromatic rings. The largest absolute Gasteiger partial charge is 0.481 e. The minimum absolute atomic E-state index is 0.116. The van der Waals surface area contributed by atoms with Crippen LogP contribution in [0.4, 0.5) is 0 Å². The normalized spacial score (nSPS) is 27.2. The lowest BCUT2D eigenvalue weighted by molar-refractivity contribution is -0.143. The van der Waals surface area contributed by atoms with Gasteiger partial charge in [-0.3, -0.25) is 4.79 Å². The maximum atomic E-state index is 11.2. The van der Waals surface area contributed by atoms with E-state index in [1.54, 1.807) is 0 Å². The smallest absolute Gasteiger partial charge is 0.308 e. The lowest BCUT2D eigenvalue weighted by Crippen LogP contribution is -2.40. The summed E-state index contributed by atoms with van der Waals surface area (Å²) >= 11 is 0. The quantitative estimate of drug-likeness (QED) is 0.760. The number of aliphatic carboxylic acids is 1. The van der Waals surface area contributed by atoms with E-state index >= 15 is 0 Å². The summed E-state index contributed by atoms with van der Waals surface area (Å²) in [5.74, 6) is -1.28. The van der Waals surface area contributed by atoms with Crippen molar-refractivity contribution in [3.63, 3.8) is 0 Å². The minimum atomic E-state index is -0.796. The van der Waals surface area contributed by atoms with Crippen LogP contribution in [0.5, 0.6) is 0 Å². The monoisotopic (exact) mass is 219 g/mol. The van der Waals surface area contributed by atoms with Crippen molar-refractivity contribution in [2.24, 2.45) is 11.7 Å². The molecule has 2 atom stereocenters. The van der Waals surface area contributed by atoms with Gasteiger partial charge in [-0.15, -0.1) is 0 Å². The van der Waals surface area contributed by atoms with Gasteiger partial charge in [-0.1, -0.05) is 38.1 Å². The molecule has 0 aromatic heterocycles. The third-order valence-corrected chi connectivity index (χ3v) is 3.53. The number of nitrogens with two attached hydrogens (primary N) is 1. The Morgan fingerprint density at radius 1 is 1.44 bits per heavy atom. The fourth-order valence-corrected chi connectivity index (χ4v) is 2.65. The van der Waals surface area contributed by atoms with E-state index < -0.39 is 11.9 Å². The van der Waals surface area contributed by atoms with E-state index in [0.29, 0.717) is 6.42 Å². The van der Waals surface area contributed by atoms with Gasteiger partial charge in [0.2, 0.25) is 0 Å². The zero-order valence-corrected chi connectivity index (χ0v) is 9.60. The molecule has 2 rings (SSSR count). The second-order valence-electron chi connectivity index (χ2n) is 5.15. The predicted octanol–water partition coefficient (Wildman–Crippen LogP) is 2.07. The van der Waals surface area contributed by atoms with E-state index in [9.17, 15) is 9.90 Å². The van der Waals surface area contributed by atoms with Crippen molar-refractivity contribution in [3.05, 3.63) is 35.4 Å². The Kier molecular flexibility index (Phi) is 2.50. The van der Waals surface area contributed by atoms with Gasteiger partial charge >= 0.3 is 5.97 Å². The molecule has 0 fully saturated rings. The first kappa shape index (κ1) is 11.1. The highest BCUT2D eigenvalue weighted by atomic mass is 16.4. The third kappa shape index (κ3) is 1.61. The molecule has 0 aliphatic heterocycles. The first-order chi connectivity index (χ1) is 7.43. The number of carboxylic acid groups (broad SMARTS) is 1. The summed E-state index contributed by atoms with van der Waals surface area (Å²) < 4.78 is 0. The van der Waals surface area contributed by atoms with Gasteiger partial charge in [-0.25, -0.2) is 0 Å². The Balaban J connectivity index is 2.53. The van der Waals surface area contributed by atoms with E-state index in [1.807, 2.05) is 24.3 Å². The molecule has 86 valence electrons. The Morgan fingerprint density at radius 3 is 2.69 bits per heavy atom. The SMILES string of the molecule is CC1(C)CC(C(=O)O)C(N)c2ccccc21. The van der Waals surface area contributed by atoms with Gasteiger partial charge in [0.15, 0.2) is 0 Å². The molecule has 0 spiro atoms. The molecule has 1 aliphatic carbocycles. The van der Waals surface area contributed by atoms with Crippen molar-refractivity contribution in [2.75, 3.05) is 0 Å². The predicted molar refractivity (Wildman–Crippen MR) is 62.1 cm³/mol. The summed E-state index contributed by atoms with van der Waals surface area (Å²) in [6, 6.07) is 7.50. The Morgan fingerprint density at radius 2 is 2.06 bits per heavy atom. The van der Waals surface area contributed by atoms with Crippen molar-refractivity contribution < 1.29 is 9.90 Å². The Labute approximate surface area is 95.3 Å². The standard InChI is InChI=1S/C13H17NO2/c1-13(2)7-9(12(15)16)11(14)8-5-3-4-6-10(8)13/h3-6,9,11H,7,14H2,1-2H3,(H,15,16). The number of carbonyl (C=O) groups is 1. The molecule has 2 unspecified atom stereocenters. The van der Waals surface area contributed by atoms with Crippen molar-refractivity contribution in [3.8, 4) is 0 Å². The van der Waals surface area contributed by atoms with Crippen LogP contribution in [0.1, 0.15) is 37.4 Å². The van der Waals surface area contributed by atoms with Crippen LogP contribution in [-0.2, 0) is 10.2 Å². The number of hydrogen-bond donors (Lipinski definition) is 2. The van der Waals surface area contributed by atoms with Crippen molar-refractivity contribution >= 4 is 5.97 Å². The average Bonchev–Trinajstić information content (AvgIpc) is 2.23. The van der Waals surface area contributed by atoms with E-state index in [-0.39, 0.29) is 11.5 Å². The summed E-state index contributed by atoms with van der Waals surface area (Å²) in [6.45, 7) is 4.15. The van der Waals surface area contributed by atoms with Crippen LogP contribution in [0.2, 0.25) is 0 Å². The molecule has 1 aliphatic rings. The van der Waals surface area contributed by atoms with Crippen molar-refractivity contribution in [1.29, 1.82) is 0 Å². The number of hydrogen-bond acceptors (Lipinski definition) is 2. The van der Waals surface area contributed by atoms with Gasteiger partial charge < -0.3 is 10.8 Å². The van der Waals surface area contributed by atoms with Gasteiger partial charge in [-0.05, 0) is 23.0 Å². The fourth-order valence-electron chi connectivity index (χ4n) is 2.65. The molecule has 0 heterocycles. The molecule has 0 saturated carbocycles. The van der Waals surface area contributed by atoms with Crippen LogP contribution >= 0.6 is 0 Å². The van der Waals surface area contributed by atoms with Gasteiger partial charge in [0.25, 0.3) is 0 Å². The lowest BCUT2D eigenvalue weighted by atomic mass is 9.66. The second kappa shape index (κ2) is 3.59. The Hall–Kier alpha value is -1.35. The van der Waals surface area contributed by atoms with Crippen molar-refractivity contribution in [1.82, 2.24) is 0 Å². The maximum Gasteiger partial charge on any atom is 0.308 e. The summed E-state index contributed by atoms with van der Waals surface area (Å²) in [5.41, 5.74) is 8.07. The minimum Gasteiger partial charge on any atom is -0.481 e. The lowest BCUT2D eigenvalue weighted by Gasteiger charge is -2.39. The van der Waals surface area contributed by atoms with Gasteiger partial charge in [0.05, 0.1) is 5.92 Å². The van der Waals surface area contributed by atoms with E-state index in [4.69, 9.17) is 5.73 Å². The number of carboxylic acids is 1. The molecular formula is C13H17NO2. The average molecular weight is 219 g/mol. The first-order valence-corrected chi connectivity index (χ1v) is 5.51. The molecule has 3 nitrogen and oxygen atoms in total. The van der Waals surface area contributed by atoms with Crippen LogP contribution in [0, 0.1) is 5.92 Å². The molecule has 0 amide bonds. The fraction of sp³-hybridized carbons (Fsp3) is 0.462. The molecule has 1 aromatic carbocycles. The molecule has 16 heavy (non-hydrogen) atoms. The van der Waals surface area contributed by atoms with Crippen LogP contribution in [-0.4, -0.2) is 11.1 Å². The van der Waals surface area contributed by atoms with Crippen molar-refractivity contribution in [2.45, 2.75) is 31.7 Å². The zero-order valence-electron chi connectivity index (χ0n) is 9.60. The Bertz CT molecular complexity index is 426. The van der Waals surface area contributed by atoms with E-state index in [1.165, 1.54) is 5.56 Å². The summed E-state index contributed by atoms with van der Waals surface area (Å²) in [5, 5.41) is 9.19. The van der Waals surface area contributed by atoms with E-state index in [2.05, 4.69) is 13.8 Å². The van der Waals surface area contributed by atoms with Gasteiger partial charge in [-0.2, -0.15) is 0 Å². The highest BCUT2D eigenvalue weighted by Crippen LogP contribution is 2.43. The molecular weight excluding hydrogens is 202 g/mol. The summed E-state index contributed by atoms with van der Waals surface area (Å²) in [7, 11) is 0. The summed E-state index contributed by atoms with van der Waals surface area (Å²) in [6.07, 6.45) is 0.598. The van der Waals surface area contributed by atoms with Gasteiger partial charge in [0, 0.05) is 6.04 Å². The molecule has 0 saturated heterocycles. The number of benzene rings is 1.